The first-order valence-electron chi connectivity index (χ1n) is 9.84. The molecule has 1 N–H and O–H groups in total. The molecule has 2 aromatic carbocycles. The first-order chi connectivity index (χ1) is 14.5. The van der Waals surface area contributed by atoms with Crippen LogP contribution in [0.4, 0.5) is 11.4 Å². The maximum Gasteiger partial charge on any atom is 0.340 e. The molecule has 3 aromatic rings. The van der Waals surface area contributed by atoms with Crippen LogP contribution in [-0.4, -0.2) is 45.3 Å². The van der Waals surface area contributed by atoms with Crippen LogP contribution in [0.5, 0.6) is 0 Å². The largest absolute Gasteiger partial charge is 0.465 e. The van der Waals surface area contributed by atoms with E-state index in [0.29, 0.717) is 30.0 Å². The first-order valence-corrected chi connectivity index (χ1v) is 9.84. The first kappa shape index (κ1) is 20.0. The van der Waals surface area contributed by atoms with E-state index >= 15 is 0 Å². The highest BCUT2D eigenvalue weighted by molar-refractivity contribution is 6.09. The van der Waals surface area contributed by atoms with Crippen LogP contribution in [0.3, 0.4) is 0 Å². The number of nitrogens with one attached hydrogen (secondary N) is 1. The van der Waals surface area contributed by atoms with E-state index < -0.39 is 11.9 Å². The number of benzene rings is 2. The highest BCUT2D eigenvalue weighted by Gasteiger charge is 2.22. The molecular weight excluding hydrogens is 384 g/mol. The molecule has 7 nitrogen and oxygen atoms in total. The lowest BCUT2D eigenvalue weighted by molar-refractivity contribution is 0.0602. The van der Waals surface area contributed by atoms with Crippen LogP contribution in [0.2, 0.25) is 0 Å². The summed E-state index contributed by atoms with van der Waals surface area (Å²) in [5, 5.41) is 3.72. The quantitative estimate of drug-likeness (QED) is 0.659. The number of fused-ring (bicyclic) bond motifs is 1. The zero-order valence-corrected chi connectivity index (χ0v) is 17.3. The number of esters is 1. The minimum absolute atomic E-state index is 0.229. The van der Waals surface area contributed by atoms with E-state index in [1.54, 1.807) is 12.1 Å². The van der Waals surface area contributed by atoms with E-state index in [2.05, 4.69) is 10.2 Å². The van der Waals surface area contributed by atoms with Gasteiger partial charge >= 0.3 is 5.97 Å². The molecule has 2 heterocycles. The Balaban J connectivity index is 1.66. The third kappa shape index (κ3) is 3.64. The normalized spacial score (nSPS) is 14.0. The Hall–Kier alpha value is -3.32. The van der Waals surface area contributed by atoms with Crippen LogP contribution in [0, 0.1) is 13.8 Å². The molecule has 0 bridgehead atoms. The molecule has 7 heteroatoms. The zero-order chi connectivity index (χ0) is 21.3. The number of rotatable bonds is 4. The molecule has 0 radical (unpaired) electrons. The van der Waals surface area contributed by atoms with Crippen molar-refractivity contribution in [3.05, 3.63) is 58.8 Å². The van der Waals surface area contributed by atoms with Gasteiger partial charge in [0.15, 0.2) is 5.76 Å². The Kier molecular flexibility index (Phi) is 5.46. The molecule has 1 aliphatic heterocycles. The van der Waals surface area contributed by atoms with Crippen molar-refractivity contribution in [3.63, 3.8) is 0 Å². The smallest absolute Gasteiger partial charge is 0.340 e. The van der Waals surface area contributed by atoms with Gasteiger partial charge in [0.05, 0.1) is 31.6 Å². The van der Waals surface area contributed by atoms with Crippen molar-refractivity contribution < 1.29 is 23.5 Å². The summed E-state index contributed by atoms with van der Waals surface area (Å²) in [6.07, 6.45) is 0. The third-order valence-corrected chi connectivity index (χ3v) is 5.40. The summed E-state index contributed by atoms with van der Waals surface area (Å²) in [5.74, 6) is -0.697. The maximum absolute atomic E-state index is 13.0. The Bertz CT molecular complexity index is 1110. The monoisotopic (exact) mass is 408 g/mol. The number of anilines is 2. The number of amides is 1. The van der Waals surface area contributed by atoms with Crippen molar-refractivity contribution in [2.75, 3.05) is 43.6 Å². The molecular formula is C23H24N2O5. The fourth-order valence-electron chi connectivity index (χ4n) is 3.72. The average molecular weight is 408 g/mol. The lowest BCUT2D eigenvalue weighted by atomic mass is 10.1. The number of carbonyl (C=O) groups is 2. The predicted molar refractivity (Wildman–Crippen MR) is 114 cm³/mol. The van der Waals surface area contributed by atoms with E-state index in [4.69, 9.17) is 13.9 Å². The molecule has 1 aromatic heterocycles. The second-order valence-electron chi connectivity index (χ2n) is 7.28. The van der Waals surface area contributed by atoms with E-state index in [1.807, 2.05) is 38.1 Å². The van der Waals surface area contributed by atoms with Gasteiger partial charge in [-0.15, -0.1) is 0 Å². The van der Waals surface area contributed by atoms with E-state index in [0.717, 1.165) is 35.3 Å². The second kappa shape index (κ2) is 8.20. The van der Waals surface area contributed by atoms with Gasteiger partial charge in [0.1, 0.15) is 5.58 Å². The Morgan fingerprint density at radius 2 is 1.87 bits per heavy atom. The Morgan fingerprint density at radius 3 is 2.57 bits per heavy atom. The molecule has 0 unspecified atom stereocenters. The summed E-state index contributed by atoms with van der Waals surface area (Å²) >= 11 is 0. The van der Waals surface area contributed by atoms with Crippen LogP contribution in [-0.2, 0) is 9.47 Å². The van der Waals surface area contributed by atoms with Crippen LogP contribution >= 0.6 is 0 Å². The maximum atomic E-state index is 13.0. The molecule has 30 heavy (non-hydrogen) atoms. The number of para-hydroxylation sites is 1. The molecule has 0 atom stereocenters. The molecule has 0 aliphatic carbocycles. The number of methoxy groups -OCH3 is 1. The summed E-state index contributed by atoms with van der Waals surface area (Å²) in [6, 6.07) is 11.1. The molecule has 1 amide bonds. The van der Waals surface area contributed by atoms with E-state index in [9.17, 15) is 9.59 Å². The number of morpholine rings is 1. The van der Waals surface area contributed by atoms with Gasteiger partial charge in [-0.3, -0.25) is 4.79 Å². The minimum atomic E-state index is -0.516. The van der Waals surface area contributed by atoms with E-state index in [-0.39, 0.29) is 5.76 Å². The highest BCUT2D eigenvalue weighted by Crippen LogP contribution is 2.30. The van der Waals surface area contributed by atoms with Gasteiger partial charge < -0.3 is 24.1 Å². The number of ether oxygens (including phenoxy) is 2. The molecule has 0 saturated carbocycles. The number of aryl methyl sites for hydroxylation is 2. The Morgan fingerprint density at radius 1 is 1.10 bits per heavy atom. The highest BCUT2D eigenvalue weighted by atomic mass is 16.5. The number of hydrogen-bond donors (Lipinski definition) is 1. The van der Waals surface area contributed by atoms with Crippen molar-refractivity contribution >= 4 is 34.2 Å². The summed E-state index contributed by atoms with van der Waals surface area (Å²) in [4.78, 5) is 27.5. The standard InChI is InChI=1S/C23H24N2O5/c1-14-5-4-6-17-15(2)21(30-20(14)17)22(26)24-19-8-7-16(13-18(19)23(27)28-3)25-9-11-29-12-10-25/h4-8,13H,9-12H2,1-3H3,(H,24,26). The average Bonchev–Trinajstić information content (AvgIpc) is 3.12. The topological polar surface area (TPSA) is 81.0 Å². The lowest BCUT2D eigenvalue weighted by Crippen LogP contribution is -2.36. The molecule has 0 spiro atoms. The summed E-state index contributed by atoms with van der Waals surface area (Å²) in [5.41, 5.74) is 3.96. The molecule has 1 fully saturated rings. The summed E-state index contributed by atoms with van der Waals surface area (Å²) in [7, 11) is 1.32. The number of hydrogen-bond acceptors (Lipinski definition) is 6. The zero-order valence-electron chi connectivity index (χ0n) is 17.3. The predicted octanol–water partition coefficient (Wildman–Crippen LogP) is 3.93. The number of carbonyl (C=O) groups excluding carboxylic acids is 2. The molecule has 156 valence electrons. The van der Waals surface area contributed by atoms with Crippen LogP contribution in [0.15, 0.2) is 40.8 Å². The van der Waals surface area contributed by atoms with Gasteiger partial charge in [0.2, 0.25) is 0 Å². The van der Waals surface area contributed by atoms with Gasteiger partial charge in [0, 0.05) is 29.7 Å². The molecule has 1 aliphatic rings. The molecule has 4 rings (SSSR count). The van der Waals surface area contributed by atoms with Crippen LogP contribution in [0.25, 0.3) is 11.0 Å². The van der Waals surface area contributed by atoms with Crippen molar-refractivity contribution in [3.8, 4) is 0 Å². The SMILES string of the molecule is COC(=O)c1cc(N2CCOCC2)ccc1NC(=O)c1oc2c(C)cccc2c1C. The van der Waals surface area contributed by atoms with Crippen LogP contribution in [0.1, 0.15) is 32.0 Å². The third-order valence-electron chi connectivity index (χ3n) is 5.40. The fraction of sp³-hybridized carbons (Fsp3) is 0.304. The molecule has 1 saturated heterocycles. The lowest BCUT2D eigenvalue weighted by Gasteiger charge is -2.29. The van der Waals surface area contributed by atoms with Crippen molar-refractivity contribution in [1.29, 1.82) is 0 Å². The fourth-order valence-corrected chi connectivity index (χ4v) is 3.72. The van der Waals surface area contributed by atoms with Crippen molar-refractivity contribution in [1.82, 2.24) is 0 Å². The van der Waals surface area contributed by atoms with Gasteiger partial charge in [-0.2, -0.15) is 0 Å². The van der Waals surface area contributed by atoms with Gasteiger partial charge in [-0.1, -0.05) is 18.2 Å². The number of nitrogens with zero attached hydrogens (tertiary/aromatic N) is 1. The van der Waals surface area contributed by atoms with Crippen LogP contribution < -0.4 is 10.2 Å². The summed E-state index contributed by atoms with van der Waals surface area (Å²) in [6.45, 7) is 6.54. The van der Waals surface area contributed by atoms with E-state index in [1.165, 1.54) is 7.11 Å². The second-order valence-corrected chi connectivity index (χ2v) is 7.28. The Labute approximate surface area is 174 Å². The van der Waals surface area contributed by atoms with Gasteiger partial charge in [-0.05, 0) is 37.6 Å². The minimum Gasteiger partial charge on any atom is -0.465 e. The van der Waals surface area contributed by atoms with Crippen molar-refractivity contribution in [2.24, 2.45) is 0 Å². The number of furan rings is 1. The van der Waals surface area contributed by atoms with Gasteiger partial charge in [-0.25, -0.2) is 4.79 Å². The van der Waals surface area contributed by atoms with Gasteiger partial charge in [0.25, 0.3) is 5.91 Å². The van der Waals surface area contributed by atoms with Crippen molar-refractivity contribution in [2.45, 2.75) is 13.8 Å². The summed E-state index contributed by atoms with van der Waals surface area (Å²) < 4.78 is 16.2.